The van der Waals surface area contributed by atoms with Crippen LogP contribution in [0.3, 0.4) is 0 Å². The monoisotopic (exact) mass is 318 g/mol. The number of ether oxygens (including phenoxy) is 2. The van der Waals surface area contributed by atoms with Crippen molar-refractivity contribution in [1.82, 2.24) is 0 Å². The molecule has 4 nitrogen and oxygen atoms in total. The molecule has 116 valence electrons. The van der Waals surface area contributed by atoms with Crippen LogP contribution >= 0.6 is 11.3 Å². The van der Waals surface area contributed by atoms with E-state index in [9.17, 15) is 5.21 Å². The summed E-state index contributed by atoms with van der Waals surface area (Å²) in [5.74, 6) is 1.61. The number of hydroxylamine groups is 3. The Hall–Kier alpha value is -1.56. The van der Waals surface area contributed by atoms with Crippen LogP contribution in [-0.2, 0) is 19.5 Å². The van der Waals surface area contributed by atoms with Gasteiger partial charge in [0.25, 0.3) is 0 Å². The third-order valence-corrected chi connectivity index (χ3v) is 5.31. The Balaban J connectivity index is 1.55. The topological polar surface area (TPSA) is 38.7 Å². The Morgan fingerprint density at radius 3 is 2.91 bits per heavy atom. The second kappa shape index (κ2) is 5.57. The van der Waals surface area contributed by atoms with Gasteiger partial charge in [0.2, 0.25) is 0 Å². The molecule has 1 N–H and O–H groups in total. The minimum atomic E-state index is 0.0765. The summed E-state index contributed by atoms with van der Waals surface area (Å²) in [4.78, 5) is 1.31. The molecule has 0 spiro atoms. The van der Waals surface area contributed by atoms with Gasteiger partial charge in [0.1, 0.15) is 19.6 Å². The maximum Gasteiger partial charge on any atom is 0.161 e. The van der Waals surface area contributed by atoms with E-state index in [1.54, 1.807) is 11.3 Å². The summed E-state index contributed by atoms with van der Waals surface area (Å²) < 4.78 is 11.5. The molecule has 0 amide bonds. The maximum atomic E-state index is 10.9. The van der Waals surface area contributed by atoms with Crippen LogP contribution in [0.1, 0.15) is 22.4 Å². The molecule has 1 aromatic carbocycles. The third-order valence-electron chi connectivity index (χ3n) is 4.36. The molecule has 0 aliphatic carbocycles. The van der Waals surface area contributed by atoms with Crippen molar-refractivity contribution in [3.63, 3.8) is 0 Å². The number of nitrogens with zero attached hydrogens (tertiary/aromatic N) is 1. The summed E-state index contributed by atoms with van der Waals surface area (Å²) in [5.41, 5.74) is 2.48. The summed E-state index contributed by atoms with van der Waals surface area (Å²) in [7, 11) is 0. The van der Waals surface area contributed by atoms with Crippen LogP contribution in [-0.4, -0.2) is 29.6 Å². The number of thiophene rings is 1. The lowest BCUT2D eigenvalue weighted by atomic mass is 10.1. The molecule has 1 atom stereocenters. The summed E-state index contributed by atoms with van der Waals surface area (Å²) >= 11 is 1.74. The molecule has 0 saturated carbocycles. The van der Waals surface area contributed by atoms with E-state index in [4.69, 9.17) is 9.47 Å². The first-order chi connectivity index (χ1) is 10.7. The first-order valence-corrected chi connectivity index (χ1v) is 8.62. The molecule has 2 aromatic rings. The molecule has 2 aliphatic heterocycles. The first kappa shape index (κ1) is 14.1. The minimum Gasteiger partial charge on any atom is -0.490 e. The normalized spacial score (nSPS) is 23.7. The van der Waals surface area contributed by atoms with Gasteiger partial charge in [-0.2, -0.15) is 4.65 Å². The smallest absolute Gasteiger partial charge is 0.161 e. The lowest BCUT2D eigenvalue weighted by molar-refractivity contribution is -1.12. The summed E-state index contributed by atoms with van der Waals surface area (Å²) in [6, 6.07) is 8.19. The molecule has 4 rings (SSSR count). The zero-order chi connectivity index (χ0) is 15.0. The fourth-order valence-electron chi connectivity index (χ4n) is 3.18. The zero-order valence-electron chi connectivity index (χ0n) is 12.5. The zero-order valence-corrected chi connectivity index (χ0v) is 13.3. The molecule has 0 saturated heterocycles. The van der Waals surface area contributed by atoms with Gasteiger partial charge in [-0.05, 0) is 35.2 Å². The lowest BCUT2D eigenvalue weighted by Gasteiger charge is -2.33. The van der Waals surface area contributed by atoms with E-state index in [-0.39, 0.29) is 4.65 Å². The van der Waals surface area contributed by atoms with Crippen LogP contribution in [0.2, 0.25) is 0 Å². The molecule has 22 heavy (non-hydrogen) atoms. The number of quaternary nitrogens is 1. The Kier molecular flexibility index (Phi) is 3.56. The van der Waals surface area contributed by atoms with Crippen molar-refractivity contribution in [2.45, 2.75) is 25.9 Å². The van der Waals surface area contributed by atoms with Crippen LogP contribution < -0.4 is 9.47 Å². The van der Waals surface area contributed by atoms with Crippen molar-refractivity contribution in [2.24, 2.45) is 0 Å². The molecule has 0 bridgehead atoms. The van der Waals surface area contributed by atoms with Crippen LogP contribution in [0.5, 0.6) is 11.5 Å². The number of hydrogen-bond donors (Lipinski definition) is 1. The van der Waals surface area contributed by atoms with Crippen LogP contribution in [0.15, 0.2) is 29.6 Å². The Bertz CT molecular complexity index is 684. The van der Waals surface area contributed by atoms with E-state index in [1.807, 2.05) is 18.2 Å². The van der Waals surface area contributed by atoms with Crippen molar-refractivity contribution >= 4 is 11.3 Å². The van der Waals surface area contributed by atoms with Gasteiger partial charge in [-0.25, -0.2) is 5.21 Å². The summed E-state index contributed by atoms with van der Waals surface area (Å²) in [6.07, 6.45) is 1.85. The highest BCUT2D eigenvalue weighted by Crippen LogP contribution is 2.33. The van der Waals surface area contributed by atoms with Gasteiger partial charge < -0.3 is 9.47 Å². The Morgan fingerprint density at radius 2 is 2.00 bits per heavy atom. The molecular weight excluding hydrogens is 298 g/mol. The van der Waals surface area contributed by atoms with Crippen LogP contribution in [0.25, 0.3) is 0 Å². The highest BCUT2D eigenvalue weighted by atomic mass is 32.1. The summed E-state index contributed by atoms with van der Waals surface area (Å²) in [6.45, 7) is 3.45. The average Bonchev–Trinajstić information content (AvgIpc) is 2.82. The molecular formula is C17H20NO3S+. The Morgan fingerprint density at radius 1 is 1.14 bits per heavy atom. The maximum absolute atomic E-state index is 10.9. The number of benzene rings is 1. The second-order valence-corrected chi connectivity index (χ2v) is 7.09. The van der Waals surface area contributed by atoms with Gasteiger partial charge >= 0.3 is 0 Å². The molecule has 1 aromatic heterocycles. The molecule has 3 heterocycles. The van der Waals surface area contributed by atoms with Crippen molar-refractivity contribution < 1.29 is 19.3 Å². The van der Waals surface area contributed by atoms with Crippen molar-refractivity contribution in [3.05, 3.63) is 45.6 Å². The van der Waals surface area contributed by atoms with Gasteiger partial charge in [-0.1, -0.05) is 0 Å². The largest absolute Gasteiger partial charge is 0.490 e. The minimum absolute atomic E-state index is 0.0765. The highest BCUT2D eigenvalue weighted by molar-refractivity contribution is 7.10. The molecule has 2 aliphatic rings. The van der Waals surface area contributed by atoms with Crippen LogP contribution in [0.4, 0.5) is 0 Å². The molecule has 0 radical (unpaired) electrons. The van der Waals surface area contributed by atoms with Gasteiger partial charge in [0, 0.05) is 18.4 Å². The van der Waals surface area contributed by atoms with Crippen molar-refractivity contribution in [1.29, 1.82) is 0 Å². The predicted molar refractivity (Wildman–Crippen MR) is 84.4 cm³/mol. The third kappa shape index (κ3) is 2.72. The molecule has 0 fully saturated rings. The van der Waals surface area contributed by atoms with Crippen molar-refractivity contribution in [3.8, 4) is 11.5 Å². The molecule has 1 unspecified atom stereocenters. The summed E-state index contributed by atoms with van der Waals surface area (Å²) in [5, 5.41) is 13.0. The quantitative estimate of drug-likeness (QED) is 0.863. The van der Waals surface area contributed by atoms with E-state index in [2.05, 4.69) is 11.4 Å². The lowest BCUT2D eigenvalue weighted by Crippen LogP contribution is -2.46. The van der Waals surface area contributed by atoms with Gasteiger partial charge in [0.15, 0.2) is 11.5 Å². The van der Waals surface area contributed by atoms with Crippen molar-refractivity contribution in [2.75, 3.05) is 19.8 Å². The predicted octanol–water partition coefficient (Wildman–Crippen LogP) is 3.37. The number of hydrogen-bond acceptors (Lipinski definition) is 4. The van der Waals surface area contributed by atoms with Gasteiger partial charge in [-0.15, -0.1) is 11.3 Å². The fraction of sp³-hybridized carbons (Fsp3) is 0.412. The number of rotatable bonds is 2. The average molecular weight is 318 g/mol. The fourth-order valence-corrected chi connectivity index (χ4v) is 4.22. The van der Waals surface area contributed by atoms with Gasteiger partial charge in [-0.3, -0.25) is 0 Å². The molecule has 5 heteroatoms. The number of fused-ring (bicyclic) bond motifs is 2. The SMILES string of the molecule is O[N+]1(Cc2ccc3c(c2)OCCCO3)CCc2ccsc2C1. The van der Waals surface area contributed by atoms with E-state index in [1.165, 1.54) is 10.4 Å². The Labute approximate surface area is 134 Å². The second-order valence-electron chi connectivity index (χ2n) is 6.09. The van der Waals surface area contributed by atoms with E-state index in [0.717, 1.165) is 36.4 Å². The standard InChI is InChI=1S/C17H20NO3S/c19-18(6-4-14-5-9-22-17(14)12-18)11-13-2-3-15-16(10-13)21-8-1-7-20-15/h2-3,5,9-10,19H,1,4,6-8,11-12H2/q+1. The van der Waals surface area contributed by atoms with Gasteiger partial charge in [0.05, 0.1) is 18.1 Å². The first-order valence-electron chi connectivity index (χ1n) is 7.74. The van der Waals surface area contributed by atoms with E-state index in [0.29, 0.717) is 26.3 Å². The highest BCUT2D eigenvalue weighted by Gasteiger charge is 2.33. The van der Waals surface area contributed by atoms with E-state index >= 15 is 0 Å². The van der Waals surface area contributed by atoms with E-state index < -0.39 is 0 Å². The van der Waals surface area contributed by atoms with Crippen LogP contribution in [0, 0.1) is 0 Å².